The van der Waals surface area contributed by atoms with Crippen LogP contribution in [0.1, 0.15) is 290 Å². The molecule has 9 heteroatoms. The van der Waals surface area contributed by atoms with Gasteiger partial charge in [0.2, 0.25) is 0 Å². The Labute approximate surface area is 457 Å². The summed E-state index contributed by atoms with van der Waals surface area (Å²) in [6, 6.07) is 0. The number of hydrogen-bond acceptors (Lipinski definition) is 7. The lowest BCUT2D eigenvalue weighted by molar-refractivity contribution is -0.870. The number of allylic oxidation sites excluding steroid dienone is 8. The molecule has 0 bridgehead atoms. The van der Waals surface area contributed by atoms with Crippen molar-refractivity contribution in [2.75, 3.05) is 47.5 Å². The minimum atomic E-state index is -1.51. The van der Waals surface area contributed by atoms with Gasteiger partial charge < -0.3 is 28.5 Å². The molecule has 0 rings (SSSR count). The predicted octanol–water partition coefficient (Wildman–Crippen LogP) is 18.6. The Hall–Kier alpha value is -2.75. The van der Waals surface area contributed by atoms with Crippen LogP contribution in [0.2, 0.25) is 0 Å². The third-order valence-electron chi connectivity index (χ3n) is 13.8. The highest BCUT2D eigenvalue weighted by Crippen LogP contribution is 2.17. The van der Waals surface area contributed by atoms with Gasteiger partial charge in [0, 0.05) is 12.8 Å². The van der Waals surface area contributed by atoms with Gasteiger partial charge in [-0.05, 0) is 70.6 Å². The van der Waals surface area contributed by atoms with Gasteiger partial charge in [0.05, 0.1) is 34.4 Å². The quantitative estimate of drug-likeness (QED) is 0.0211. The maximum absolute atomic E-state index is 12.9. The van der Waals surface area contributed by atoms with Crippen molar-refractivity contribution in [1.29, 1.82) is 0 Å². The fraction of sp³-hybridized carbons (Fsp3) is 0.831. The Morgan fingerprint density at radius 3 is 1.11 bits per heavy atom. The molecule has 0 radical (unpaired) electrons. The Bertz CT molecular complexity index is 1350. The fourth-order valence-corrected chi connectivity index (χ4v) is 8.94. The molecule has 0 spiro atoms. The van der Waals surface area contributed by atoms with Crippen molar-refractivity contribution in [2.24, 2.45) is 0 Å². The maximum atomic E-state index is 12.9. The van der Waals surface area contributed by atoms with E-state index >= 15 is 0 Å². The third-order valence-corrected chi connectivity index (χ3v) is 13.8. The number of ether oxygens (including phenoxy) is 4. The highest BCUT2D eigenvalue weighted by Gasteiger charge is 2.25. The summed E-state index contributed by atoms with van der Waals surface area (Å²) in [5, 5.41) is 9.70. The first-order valence-electron chi connectivity index (χ1n) is 31.3. The summed E-state index contributed by atoms with van der Waals surface area (Å²) >= 11 is 0. The van der Waals surface area contributed by atoms with E-state index in [1.54, 1.807) is 0 Å². The van der Waals surface area contributed by atoms with E-state index in [1.807, 2.05) is 21.1 Å². The molecule has 0 aliphatic rings. The Kier molecular flexibility index (Phi) is 54.4. The van der Waals surface area contributed by atoms with Gasteiger partial charge in [-0.3, -0.25) is 9.59 Å². The molecule has 0 saturated carbocycles. The van der Waals surface area contributed by atoms with Crippen LogP contribution in [-0.4, -0.2) is 87.4 Å². The van der Waals surface area contributed by atoms with E-state index in [1.165, 1.54) is 193 Å². The number of rotatable bonds is 58. The molecule has 0 heterocycles. The van der Waals surface area contributed by atoms with E-state index in [9.17, 15) is 19.5 Å². The van der Waals surface area contributed by atoms with E-state index in [-0.39, 0.29) is 38.6 Å². The molecule has 0 aromatic rings. The first-order chi connectivity index (χ1) is 36.1. The second kappa shape index (κ2) is 56.5. The molecular weight excluding hydrogens is 923 g/mol. The molecule has 0 amide bonds. The van der Waals surface area contributed by atoms with E-state index < -0.39 is 24.3 Å². The van der Waals surface area contributed by atoms with E-state index in [0.29, 0.717) is 11.0 Å². The summed E-state index contributed by atoms with van der Waals surface area (Å²) in [7, 11) is 5.97. The van der Waals surface area contributed by atoms with Gasteiger partial charge in [0.1, 0.15) is 13.2 Å². The number of carbonyl (C=O) groups is 3. The Morgan fingerprint density at radius 2 is 0.743 bits per heavy atom. The molecule has 0 aliphatic heterocycles. The SMILES string of the molecule is CCCC/C=C\C/C=C\CCCCCCCC(=O)OCC(COC(OCC[N+](C)(C)C)C(=O)O)OC(=O)CCCCCCCCCCCCCCCCCCCCCCCCC/C=C\C/C=C\CCCCCCC. The maximum Gasteiger partial charge on any atom is 0.361 e. The van der Waals surface area contributed by atoms with Gasteiger partial charge in [-0.1, -0.05) is 255 Å². The van der Waals surface area contributed by atoms with Crippen LogP contribution in [0.5, 0.6) is 0 Å². The molecule has 1 N–H and O–H groups in total. The second-order valence-electron chi connectivity index (χ2n) is 22.4. The van der Waals surface area contributed by atoms with Crippen LogP contribution in [0.25, 0.3) is 0 Å². The van der Waals surface area contributed by atoms with Crippen LogP contribution in [0.15, 0.2) is 48.6 Å². The van der Waals surface area contributed by atoms with Crippen molar-refractivity contribution in [1.82, 2.24) is 0 Å². The molecule has 9 nitrogen and oxygen atoms in total. The number of carboxylic acid groups (broad SMARTS) is 1. The predicted molar refractivity (Wildman–Crippen MR) is 314 cm³/mol. The summed E-state index contributed by atoms with van der Waals surface area (Å²) in [5.74, 6) is -2.01. The first kappa shape index (κ1) is 71.2. The lowest BCUT2D eigenvalue weighted by atomic mass is 10.0. The minimum absolute atomic E-state index is 0.186. The van der Waals surface area contributed by atoms with E-state index in [2.05, 4.69) is 62.5 Å². The van der Waals surface area contributed by atoms with Crippen LogP contribution in [0.4, 0.5) is 0 Å². The Balaban J connectivity index is 4.02. The van der Waals surface area contributed by atoms with Crippen LogP contribution in [-0.2, 0) is 33.3 Å². The number of carboxylic acids is 1. The summed E-state index contributed by atoms with van der Waals surface area (Å²) in [6.45, 7) is 4.84. The van der Waals surface area contributed by atoms with Gasteiger partial charge in [0.15, 0.2) is 6.10 Å². The van der Waals surface area contributed by atoms with E-state index in [0.717, 1.165) is 70.6 Å². The topological polar surface area (TPSA) is 108 Å². The van der Waals surface area contributed by atoms with Gasteiger partial charge in [-0.25, -0.2) is 4.79 Å². The van der Waals surface area contributed by atoms with Crippen molar-refractivity contribution in [3.8, 4) is 0 Å². The zero-order valence-corrected chi connectivity index (χ0v) is 49.3. The van der Waals surface area contributed by atoms with Gasteiger partial charge in [0.25, 0.3) is 6.29 Å². The fourth-order valence-electron chi connectivity index (χ4n) is 8.94. The number of unbranched alkanes of at least 4 members (excludes halogenated alkanes) is 35. The zero-order valence-electron chi connectivity index (χ0n) is 49.3. The summed E-state index contributed by atoms with van der Waals surface area (Å²) in [6.07, 6.45) is 67.9. The van der Waals surface area contributed by atoms with Crippen molar-refractivity contribution in [3.63, 3.8) is 0 Å². The molecule has 0 fully saturated rings. The van der Waals surface area contributed by atoms with Gasteiger partial charge >= 0.3 is 17.9 Å². The zero-order chi connectivity index (χ0) is 54.1. The smallest absolute Gasteiger partial charge is 0.361 e. The van der Waals surface area contributed by atoms with Crippen molar-refractivity contribution < 1.29 is 42.9 Å². The van der Waals surface area contributed by atoms with Crippen molar-refractivity contribution in [2.45, 2.75) is 302 Å². The number of esters is 2. The van der Waals surface area contributed by atoms with Gasteiger partial charge in [-0.15, -0.1) is 0 Å². The molecular formula is C65H120NO8+. The highest BCUT2D eigenvalue weighted by molar-refractivity contribution is 5.71. The highest BCUT2D eigenvalue weighted by atomic mass is 16.7. The molecule has 74 heavy (non-hydrogen) atoms. The third kappa shape index (κ3) is 57.0. The molecule has 0 aliphatic carbocycles. The number of aliphatic carboxylic acids is 1. The van der Waals surface area contributed by atoms with Crippen molar-refractivity contribution in [3.05, 3.63) is 48.6 Å². The lowest BCUT2D eigenvalue weighted by Gasteiger charge is -2.25. The normalized spacial score (nSPS) is 13.0. The van der Waals surface area contributed by atoms with Crippen LogP contribution < -0.4 is 0 Å². The molecule has 2 unspecified atom stereocenters. The first-order valence-corrected chi connectivity index (χ1v) is 31.3. The number of carbonyl (C=O) groups excluding carboxylic acids is 2. The van der Waals surface area contributed by atoms with Crippen LogP contribution >= 0.6 is 0 Å². The monoisotopic (exact) mass is 1040 g/mol. The second-order valence-corrected chi connectivity index (χ2v) is 22.4. The summed E-state index contributed by atoms with van der Waals surface area (Å²) < 4.78 is 22.9. The number of quaternary nitrogens is 1. The molecule has 432 valence electrons. The Morgan fingerprint density at radius 1 is 0.405 bits per heavy atom. The standard InChI is InChI=1S/C65H119NO8/c1-6-8-10-12-14-16-18-20-22-23-24-25-26-27-28-29-30-31-32-33-34-35-36-37-38-39-40-41-42-44-46-48-50-52-54-56-63(68)74-61(60-73-65(64(69)70)71-58-57-66(3,4)5)59-72-62(67)55-53-51-49-47-45-43-21-19-17-15-13-11-9-7-2/h13,15,18-21,23-24,61,65H,6-12,14,16-17,22,25-60H2,1-5H3/p+1/b15-13-,20-18-,21-19-,24-23-. The average Bonchev–Trinajstić information content (AvgIpc) is 3.37. The largest absolute Gasteiger partial charge is 0.477 e. The summed E-state index contributed by atoms with van der Waals surface area (Å²) in [4.78, 5) is 37.4. The number of likely N-dealkylation sites (N-methyl/N-ethyl adjacent to an activating group) is 1. The number of nitrogens with zero attached hydrogens (tertiary/aromatic N) is 1. The summed E-state index contributed by atoms with van der Waals surface area (Å²) in [5.41, 5.74) is 0. The molecule has 0 aromatic carbocycles. The minimum Gasteiger partial charge on any atom is -0.477 e. The van der Waals surface area contributed by atoms with Gasteiger partial charge in [-0.2, -0.15) is 0 Å². The van der Waals surface area contributed by atoms with E-state index in [4.69, 9.17) is 18.9 Å². The van der Waals surface area contributed by atoms with Crippen LogP contribution in [0, 0.1) is 0 Å². The van der Waals surface area contributed by atoms with Crippen LogP contribution in [0.3, 0.4) is 0 Å². The average molecular weight is 1040 g/mol. The van der Waals surface area contributed by atoms with Crippen molar-refractivity contribution >= 4 is 17.9 Å². The molecule has 0 aromatic heterocycles. The molecule has 0 saturated heterocycles. The lowest BCUT2D eigenvalue weighted by Crippen LogP contribution is -2.40. The molecule has 2 atom stereocenters. The number of hydrogen-bond donors (Lipinski definition) is 1.